The molecule has 21 heavy (non-hydrogen) atoms. The van der Waals surface area contributed by atoms with Gasteiger partial charge in [0.2, 0.25) is 0 Å². The minimum Gasteiger partial charge on any atom is -0.409 e. The van der Waals surface area contributed by atoms with Crippen molar-refractivity contribution in [3.05, 3.63) is 28.0 Å². The molecule has 6 nitrogen and oxygen atoms in total. The Morgan fingerprint density at radius 3 is 2.57 bits per heavy atom. The highest BCUT2D eigenvalue weighted by atomic mass is 79.9. The standard InChI is InChI=1S/C13H18BrFN4O2/c14-11-9(13(16)17-21)1-2-10(12(11)15)19-5-3-18(4-6-19)7-8-20/h1-2,20-21H,3-8H2,(H2,16,17). The van der Waals surface area contributed by atoms with E-state index in [0.29, 0.717) is 30.9 Å². The van der Waals surface area contributed by atoms with Gasteiger partial charge < -0.3 is 20.9 Å². The van der Waals surface area contributed by atoms with Crippen LogP contribution in [0.2, 0.25) is 0 Å². The zero-order chi connectivity index (χ0) is 15.4. The van der Waals surface area contributed by atoms with Crippen molar-refractivity contribution in [3.8, 4) is 0 Å². The molecule has 0 saturated carbocycles. The smallest absolute Gasteiger partial charge is 0.171 e. The number of nitrogens with two attached hydrogens (primary N) is 1. The number of hydrogen-bond acceptors (Lipinski definition) is 5. The van der Waals surface area contributed by atoms with E-state index in [0.717, 1.165) is 13.1 Å². The number of halogens is 2. The van der Waals surface area contributed by atoms with Gasteiger partial charge in [-0.2, -0.15) is 0 Å². The molecule has 1 saturated heterocycles. The van der Waals surface area contributed by atoms with Gasteiger partial charge in [-0.05, 0) is 28.1 Å². The number of β-amino-alcohol motifs (C(OH)–C–C–N with tert-alkyl or cyclic N) is 1. The molecule has 0 amide bonds. The first-order chi connectivity index (χ1) is 10.1. The van der Waals surface area contributed by atoms with Gasteiger partial charge in [0.05, 0.1) is 16.8 Å². The zero-order valence-corrected chi connectivity index (χ0v) is 13.1. The molecule has 0 unspecified atom stereocenters. The van der Waals surface area contributed by atoms with Crippen molar-refractivity contribution in [1.29, 1.82) is 0 Å². The van der Waals surface area contributed by atoms with Crippen molar-refractivity contribution in [1.82, 2.24) is 4.90 Å². The molecule has 2 rings (SSSR count). The van der Waals surface area contributed by atoms with Gasteiger partial charge in [0.1, 0.15) is 0 Å². The molecule has 0 bridgehead atoms. The summed E-state index contributed by atoms with van der Waals surface area (Å²) in [6.07, 6.45) is 0. The van der Waals surface area contributed by atoms with Crippen molar-refractivity contribution in [2.75, 3.05) is 44.2 Å². The number of oxime groups is 1. The van der Waals surface area contributed by atoms with Crippen LogP contribution in [-0.4, -0.2) is 60.4 Å². The van der Waals surface area contributed by atoms with Crippen LogP contribution < -0.4 is 10.6 Å². The molecule has 1 fully saturated rings. The minimum absolute atomic E-state index is 0.133. The van der Waals surface area contributed by atoms with Crippen LogP contribution in [0.15, 0.2) is 21.8 Å². The molecular formula is C13H18BrFN4O2. The maximum atomic E-state index is 14.5. The molecule has 1 heterocycles. The summed E-state index contributed by atoms with van der Waals surface area (Å²) in [4.78, 5) is 4.08. The average Bonchev–Trinajstić information content (AvgIpc) is 2.50. The minimum atomic E-state index is -0.422. The lowest BCUT2D eigenvalue weighted by molar-refractivity contribution is 0.188. The molecule has 0 aliphatic carbocycles. The Bertz CT molecular complexity index is 533. The molecule has 0 atom stereocenters. The second kappa shape index (κ2) is 7.06. The summed E-state index contributed by atoms with van der Waals surface area (Å²) in [5, 5.41) is 20.5. The molecule has 0 aromatic heterocycles. The largest absolute Gasteiger partial charge is 0.409 e. The Morgan fingerprint density at radius 2 is 2.00 bits per heavy atom. The summed E-state index contributed by atoms with van der Waals surface area (Å²) in [6, 6.07) is 3.26. The van der Waals surface area contributed by atoms with Crippen molar-refractivity contribution >= 4 is 27.5 Å². The number of hydrogen-bond donors (Lipinski definition) is 3. The number of benzene rings is 1. The predicted molar refractivity (Wildman–Crippen MR) is 82.3 cm³/mol. The number of aliphatic hydroxyl groups excluding tert-OH is 1. The normalized spacial score (nSPS) is 17.3. The summed E-state index contributed by atoms with van der Waals surface area (Å²) in [5.41, 5.74) is 6.31. The molecule has 0 spiro atoms. The third-order valence-corrected chi connectivity index (χ3v) is 4.35. The summed E-state index contributed by atoms with van der Waals surface area (Å²) in [7, 11) is 0. The Morgan fingerprint density at radius 1 is 1.33 bits per heavy atom. The lowest BCUT2D eigenvalue weighted by Crippen LogP contribution is -2.47. The lowest BCUT2D eigenvalue weighted by Gasteiger charge is -2.36. The van der Waals surface area contributed by atoms with E-state index in [4.69, 9.17) is 16.0 Å². The zero-order valence-electron chi connectivity index (χ0n) is 11.5. The van der Waals surface area contributed by atoms with Crippen molar-refractivity contribution < 1.29 is 14.7 Å². The Kier molecular flexibility index (Phi) is 5.38. The van der Waals surface area contributed by atoms with E-state index < -0.39 is 5.82 Å². The lowest BCUT2D eigenvalue weighted by atomic mass is 10.1. The fourth-order valence-electron chi connectivity index (χ4n) is 2.39. The molecule has 4 N–H and O–H groups in total. The first kappa shape index (κ1) is 16.0. The topological polar surface area (TPSA) is 85.3 Å². The SMILES string of the molecule is N/C(=N/O)c1ccc(N2CCN(CCO)CC2)c(F)c1Br. The van der Waals surface area contributed by atoms with Crippen LogP contribution in [0, 0.1) is 5.82 Å². The fourth-order valence-corrected chi connectivity index (χ4v) is 2.93. The van der Waals surface area contributed by atoms with Crippen molar-refractivity contribution in [2.45, 2.75) is 0 Å². The van der Waals surface area contributed by atoms with Crippen LogP contribution in [0.5, 0.6) is 0 Å². The van der Waals surface area contributed by atoms with Crippen LogP contribution in [-0.2, 0) is 0 Å². The fraction of sp³-hybridized carbons (Fsp3) is 0.462. The first-order valence-corrected chi connectivity index (χ1v) is 7.41. The molecule has 1 aromatic carbocycles. The molecule has 116 valence electrons. The Balaban J connectivity index is 2.17. The highest BCUT2D eigenvalue weighted by molar-refractivity contribution is 9.10. The van der Waals surface area contributed by atoms with E-state index in [9.17, 15) is 4.39 Å². The van der Waals surface area contributed by atoms with Crippen molar-refractivity contribution in [3.63, 3.8) is 0 Å². The van der Waals surface area contributed by atoms with Gasteiger partial charge in [0.25, 0.3) is 0 Å². The molecular weight excluding hydrogens is 343 g/mol. The highest BCUT2D eigenvalue weighted by Crippen LogP contribution is 2.30. The van der Waals surface area contributed by atoms with Gasteiger partial charge in [-0.1, -0.05) is 5.16 Å². The Hall–Kier alpha value is -1.38. The monoisotopic (exact) mass is 360 g/mol. The van der Waals surface area contributed by atoms with E-state index in [-0.39, 0.29) is 16.9 Å². The highest BCUT2D eigenvalue weighted by Gasteiger charge is 2.22. The van der Waals surface area contributed by atoms with Gasteiger partial charge >= 0.3 is 0 Å². The van der Waals surface area contributed by atoms with Crippen LogP contribution in [0.25, 0.3) is 0 Å². The summed E-state index contributed by atoms with van der Waals surface area (Å²) in [6.45, 7) is 3.70. The Labute approximate surface area is 130 Å². The average molecular weight is 361 g/mol. The van der Waals surface area contributed by atoms with Crippen LogP contribution in [0.3, 0.4) is 0 Å². The molecule has 0 radical (unpaired) electrons. The number of aliphatic hydroxyl groups is 1. The van der Waals surface area contributed by atoms with E-state index in [1.54, 1.807) is 12.1 Å². The van der Waals surface area contributed by atoms with Crippen LogP contribution in [0.1, 0.15) is 5.56 Å². The van der Waals surface area contributed by atoms with E-state index in [1.807, 2.05) is 4.90 Å². The number of nitrogens with zero attached hydrogens (tertiary/aromatic N) is 3. The number of amidine groups is 1. The summed E-state index contributed by atoms with van der Waals surface area (Å²) >= 11 is 3.16. The molecule has 8 heteroatoms. The number of anilines is 1. The number of piperazine rings is 1. The van der Waals surface area contributed by atoms with E-state index >= 15 is 0 Å². The maximum absolute atomic E-state index is 14.5. The van der Waals surface area contributed by atoms with Gasteiger partial charge in [-0.25, -0.2) is 4.39 Å². The molecule has 1 aliphatic rings. The molecule has 1 aromatic rings. The van der Waals surface area contributed by atoms with Crippen LogP contribution in [0.4, 0.5) is 10.1 Å². The van der Waals surface area contributed by atoms with Gasteiger partial charge in [0, 0.05) is 38.3 Å². The predicted octanol–water partition coefficient (Wildman–Crippen LogP) is 0.797. The van der Waals surface area contributed by atoms with Crippen molar-refractivity contribution in [2.24, 2.45) is 10.9 Å². The van der Waals surface area contributed by atoms with Gasteiger partial charge in [-0.3, -0.25) is 4.90 Å². The second-order valence-corrected chi connectivity index (χ2v) is 5.59. The van der Waals surface area contributed by atoms with Gasteiger partial charge in [-0.15, -0.1) is 0 Å². The quantitative estimate of drug-likeness (QED) is 0.320. The second-order valence-electron chi connectivity index (χ2n) is 4.80. The summed E-state index contributed by atoms with van der Waals surface area (Å²) < 4.78 is 14.6. The maximum Gasteiger partial charge on any atom is 0.171 e. The van der Waals surface area contributed by atoms with E-state index in [2.05, 4.69) is 26.0 Å². The third-order valence-electron chi connectivity index (χ3n) is 3.57. The first-order valence-electron chi connectivity index (χ1n) is 6.62. The van der Waals surface area contributed by atoms with Gasteiger partial charge in [0.15, 0.2) is 11.7 Å². The van der Waals surface area contributed by atoms with Crippen LogP contribution >= 0.6 is 15.9 Å². The van der Waals surface area contributed by atoms with E-state index in [1.165, 1.54) is 0 Å². The number of rotatable bonds is 4. The summed E-state index contributed by atoms with van der Waals surface area (Å²) in [5.74, 6) is -0.560. The molecule has 1 aliphatic heterocycles. The third kappa shape index (κ3) is 3.45.